The summed E-state index contributed by atoms with van der Waals surface area (Å²) in [4.78, 5) is 0. The number of hydrogen-bond acceptors (Lipinski definition) is 1. The van der Waals surface area contributed by atoms with E-state index in [4.69, 9.17) is 23.2 Å². The smallest absolute Gasteiger partial charge is 0.0453 e. The second-order valence-electron chi connectivity index (χ2n) is 4.97. The Morgan fingerprint density at radius 1 is 1.14 bits per heavy atom. The van der Waals surface area contributed by atoms with Gasteiger partial charge in [-0.3, -0.25) is 0 Å². The highest BCUT2D eigenvalue weighted by Crippen LogP contribution is 2.29. The maximum Gasteiger partial charge on any atom is 0.0453 e. The molecule has 0 spiro atoms. The lowest BCUT2D eigenvalue weighted by atomic mass is 9.98. The van der Waals surface area contributed by atoms with Crippen molar-refractivity contribution >= 4 is 39.1 Å². The Balaban J connectivity index is 2.26. The molecule has 0 heterocycles. The predicted molar refractivity (Wildman–Crippen MR) is 95.3 cm³/mol. The maximum atomic E-state index is 6.31. The number of halogens is 3. The molecule has 0 aliphatic carbocycles. The van der Waals surface area contributed by atoms with Crippen LogP contribution in [0.3, 0.4) is 0 Å². The van der Waals surface area contributed by atoms with E-state index in [1.807, 2.05) is 18.2 Å². The van der Waals surface area contributed by atoms with Crippen molar-refractivity contribution in [3.63, 3.8) is 0 Å². The molecule has 2 aromatic rings. The van der Waals surface area contributed by atoms with Crippen molar-refractivity contribution in [2.24, 2.45) is 0 Å². The van der Waals surface area contributed by atoms with Crippen LogP contribution >= 0.6 is 39.1 Å². The van der Waals surface area contributed by atoms with Gasteiger partial charge in [0.15, 0.2) is 0 Å². The zero-order chi connectivity index (χ0) is 15.2. The molecule has 1 N–H and O–H groups in total. The molecule has 21 heavy (non-hydrogen) atoms. The average molecular weight is 387 g/mol. The molecule has 0 saturated carbocycles. The monoisotopic (exact) mass is 385 g/mol. The molecule has 0 aliphatic heterocycles. The van der Waals surface area contributed by atoms with E-state index in [2.05, 4.69) is 46.4 Å². The second-order valence-corrected chi connectivity index (χ2v) is 6.67. The van der Waals surface area contributed by atoms with Gasteiger partial charge < -0.3 is 5.32 Å². The summed E-state index contributed by atoms with van der Waals surface area (Å²) in [6.07, 6.45) is 1.92. The molecule has 0 aliphatic rings. The fraction of sp³-hybridized carbons (Fsp3) is 0.294. The first-order valence-electron chi connectivity index (χ1n) is 7.03. The molecule has 1 nitrogen and oxygen atoms in total. The molecule has 2 aromatic carbocycles. The summed E-state index contributed by atoms with van der Waals surface area (Å²) in [5.41, 5.74) is 2.35. The van der Waals surface area contributed by atoms with E-state index < -0.39 is 0 Å². The van der Waals surface area contributed by atoms with Crippen molar-refractivity contribution in [3.8, 4) is 0 Å². The molecular weight excluding hydrogens is 369 g/mol. The largest absolute Gasteiger partial charge is 0.310 e. The van der Waals surface area contributed by atoms with Crippen LogP contribution in [0.5, 0.6) is 0 Å². The van der Waals surface area contributed by atoms with E-state index in [-0.39, 0.29) is 6.04 Å². The minimum atomic E-state index is 0.221. The van der Waals surface area contributed by atoms with Gasteiger partial charge in [0.2, 0.25) is 0 Å². The van der Waals surface area contributed by atoms with Crippen LogP contribution in [0.25, 0.3) is 0 Å². The molecular formula is C17H18BrCl2N. The highest BCUT2D eigenvalue weighted by Gasteiger charge is 2.15. The Labute approximate surface area is 144 Å². The molecule has 1 unspecified atom stereocenters. The van der Waals surface area contributed by atoms with E-state index in [0.29, 0.717) is 5.02 Å². The Kier molecular flexibility index (Phi) is 6.56. The van der Waals surface area contributed by atoms with Crippen molar-refractivity contribution in [1.82, 2.24) is 5.32 Å². The fourth-order valence-corrected chi connectivity index (χ4v) is 3.32. The highest BCUT2D eigenvalue weighted by molar-refractivity contribution is 9.10. The first-order chi connectivity index (χ1) is 10.1. The zero-order valence-corrected chi connectivity index (χ0v) is 15.0. The van der Waals surface area contributed by atoms with Crippen LogP contribution in [-0.4, -0.2) is 6.54 Å². The first-order valence-corrected chi connectivity index (χ1v) is 8.58. The fourth-order valence-electron chi connectivity index (χ4n) is 2.28. The quantitative estimate of drug-likeness (QED) is 0.638. The molecule has 0 radical (unpaired) electrons. The number of benzene rings is 2. The lowest BCUT2D eigenvalue weighted by Crippen LogP contribution is -2.24. The van der Waals surface area contributed by atoms with Crippen LogP contribution in [0.2, 0.25) is 10.0 Å². The Morgan fingerprint density at radius 3 is 2.57 bits per heavy atom. The molecule has 0 amide bonds. The van der Waals surface area contributed by atoms with Gasteiger partial charge in [-0.05, 0) is 48.7 Å². The van der Waals surface area contributed by atoms with Gasteiger partial charge in [0.25, 0.3) is 0 Å². The van der Waals surface area contributed by atoms with Crippen LogP contribution < -0.4 is 5.32 Å². The highest BCUT2D eigenvalue weighted by atomic mass is 79.9. The van der Waals surface area contributed by atoms with E-state index in [1.54, 1.807) is 6.07 Å². The maximum absolute atomic E-state index is 6.31. The van der Waals surface area contributed by atoms with E-state index in [9.17, 15) is 0 Å². The first kappa shape index (κ1) is 16.8. The summed E-state index contributed by atoms with van der Waals surface area (Å²) in [6.45, 7) is 3.14. The summed E-state index contributed by atoms with van der Waals surface area (Å²) in [6, 6.07) is 14.2. The van der Waals surface area contributed by atoms with Crippen molar-refractivity contribution in [3.05, 3.63) is 68.1 Å². The third-order valence-electron chi connectivity index (χ3n) is 3.36. The van der Waals surface area contributed by atoms with Gasteiger partial charge in [0.1, 0.15) is 0 Å². The van der Waals surface area contributed by atoms with E-state index in [1.165, 1.54) is 5.56 Å². The normalized spacial score (nSPS) is 12.4. The van der Waals surface area contributed by atoms with Crippen LogP contribution in [0.1, 0.15) is 30.5 Å². The van der Waals surface area contributed by atoms with Gasteiger partial charge in [-0.1, -0.05) is 70.3 Å². The lowest BCUT2D eigenvalue weighted by molar-refractivity contribution is 0.527. The Bertz CT molecular complexity index is 601. The SMILES string of the molecule is CCCNC(Cc1ccc(Cl)cc1Cl)c1ccccc1Br. The molecule has 2 rings (SSSR count). The van der Waals surface area contributed by atoms with Crippen molar-refractivity contribution in [2.45, 2.75) is 25.8 Å². The van der Waals surface area contributed by atoms with E-state index >= 15 is 0 Å². The lowest BCUT2D eigenvalue weighted by Gasteiger charge is -2.21. The Hall–Kier alpha value is -0.540. The third-order valence-corrected chi connectivity index (χ3v) is 4.67. The van der Waals surface area contributed by atoms with Crippen LogP contribution in [-0.2, 0) is 6.42 Å². The summed E-state index contributed by atoms with van der Waals surface area (Å²) in [5.74, 6) is 0. The molecule has 0 saturated heterocycles. The summed E-state index contributed by atoms with van der Waals surface area (Å²) < 4.78 is 1.11. The Morgan fingerprint density at radius 2 is 1.90 bits per heavy atom. The average Bonchev–Trinajstić information content (AvgIpc) is 2.46. The van der Waals surface area contributed by atoms with Crippen molar-refractivity contribution < 1.29 is 0 Å². The third kappa shape index (κ3) is 4.72. The number of rotatable bonds is 6. The standard InChI is InChI=1S/C17H18BrCl2N/c1-2-9-21-17(14-5-3-4-6-15(14)18)10-12-7-8-13(19)11-16(12)20/h3-8,11,17,21H,2,9-10H2,1H3. The van der Waals surface area contributed by atoms with Gasteiger partial charge in [0.05, 0.1) is 0 Å². The number of nitrogens with one attached hydrogen (secondary N) is 1. The van der Waals surface area contributed by atoms with E-state index in [0.717, 1.165) is 34.4 Å². The minimum absolute atomic E-state index is 0.221. The van der Waals surface area contributed by atoms with Crippen LogP contribution in [0, 0.1) is 0 Å². The van der Waals surface area contributed by atoms with Gasteiger partial charge >= 0.3 is 0 Å². The van der Waals surface area contributed by atoms with Crippen LogP contribution in [0.4, 0.5) is 0 Å². The van der Waals surface area contributed by atoms with Crippen LogP contribution in [0.15, 0.2) is 46.9 Å². The molecule has 0 fully saturated rings. The number of hydrogen-bond donors (Lipinski definition) is 1. The molecule has 4 heteroatoms. The zero-order valence-electron chi connectivity index (χ0n) is 11.9. The predicted octanol–water partition coefficient (Wildman–Crippen LogP) is 6.04. The van der Waals surface area contributed by atoms with Crippen molar-refractivity contribution in [1.29, 1.82) is 0 Å². The van der Waals surface area contributed by atoms with Gasteiger partial charge in [-0.15, -0.1) is 0 Å². The summed E-state index contributed by atoms with van der Waals surface area (Å²) in [5, 5.41) is 4.98. The topological polar surface area (TPSA) is 12.0 Å². The second kappa shape index (κ2) is 8.19. The van der Waals surface area contributed by atoms with Gasteiger partial charge in [0, 0.05) is 20.6 Å². The molecule has 1 atom stereocenters. The minimum Gasteiger partial charge on any atom is -0.310 e. The summed E-state index contributed by atoms with van der Waals surface area (Å²) in [7, 11) is 0. The van der Waals surface area contributed by atoms with Crippen molar-refractivity contribution in [2.75, 3.05) is 6.54 Å². The molecule has 0 aromatic heterocycles. The summed E-state index contributed by atoms with van der Waals surface area (Å²) >= 11 is 15.9. The van der Waals surface area contributed by atoms with Gasteiger partial charge in [-0.2, -0.15) is 0 Å². The molecule has 0 bridgehead atoms. The molecule has 112 valence electrons. The van der Waals surface area contributed by atoms with Gasteiger partial charge in [-0.25, -0.2) is 0 Å².